The standard InChI is InChI=1S/C11H12N6/c1-3-9-12-4-5-17(9)11-8-6-15-16(2)10(8)13-7-14-11/h4-7H,3H2,1-2H3. The van der Waals surface area contributed by atoms with E-state index in [9.17, 15) is 0 Å². The van der Waals surface area contributed by atoms with Gasteiger partial charge in [-0.25, -0.2) is 15.0 Å². The number of nitrogens with zero attached hydrogens (tertiary/aromatic N) is 6. The van der Waals surface area contributed by atoms with Gasteiger partial charge in [0.1, 0.15) is 12.2 Å². The molecule has 0 bridgehead atoms. The van der Waals surface area contributed by atoms with Crippen LogP contribution < -0.4 is 0 Å². The molecule has 0 aliphatic heterocycles. The van der Waals surface area contributed by atoms with Crippen LogP contribution in [-0.2, 0) is 13.5 Å². The summed E-state index contributed by atoms with van der Waals surface area (Å²) in [6.07, 6.45) is 7.89. The molecule has 3 aromatic rings. The summed E-state index contributed by atoms with van der Waals surface area (Å²) in [5, 5.41) is 5.14. The minimum absolute atomic E-state index is 0.825. The maximum absolute atomic E-state index is 4.33. The van der Waals surface area contributed by atoms with Crippen molar-refractivity contribution in [1.82, 2.24) is 29.3 Å². The summed E-state index contributed by atoms with van der Waals surface area (Å²) < 4.78 is 3.72. The third-order valence-corrected chi connectivity index (χ3v) is 2.77. The first-order chi connectivity index (χ1) is 8.31. The first-order valence-corrected chi connectivity index (χ1v) is 5.46. The van der Waals surface area contributed by atoms with E-state index in [-0.39, 0.29) is 0 Å². The summed E-state index contributed by atoms with van der Waals surface area (Å²) in [4.78, 5) is 12.9. The molecule has 0 aliphatic rings. The fourth-order valence-corrected chi connectivity index (χ4v) is 1.93. The largest absolute Gasteiger partial charge is 0.287 e. The Bertz CT molecular complexity index is 665. The summed E-state index contributed by atoms with van der Waals surface area (Å²) >= 11 is 0. The first-order valence-electron chi connectivity index (χ1n) is 5.46. The third kappa shape index (κ3) is 1.41. The molecule has 0 unspecified atom stereocenters. The quantitative estimate of drug-likeness (QED) is 0.659. The molecular weight excluding hydrogens is 216 g/mol. The second-order valence-corrected chi connectivity index (χ2v) is 3.77. The normalized spacial score (nSPS) is 11.2. The van der Waals surface area contributed by atoms with Crippen LogP contribution in [0.25, 0.3) is 16.9 Å². The number of hydrogen-bond donors (Lipinski definition) is 0. The molecule has 0 spiro atoms. The zero-order valence-corrected chi connectivity index (χ0v) is 9.70. The van der Waals surface area contributed by atoms with E-state index >= 15 is 0 Å². The highest BCUT2D eigenvalue weighted by Gasteiger charge is 2.11. The lowest BCUT2D eigenvalue weighted by atomic mass is 10.3. The van der Waals surface area contributed by atoms with Crippen molar-refractivity contribution in [3.63, 3.8) is 0 Å². The van der Waals surface area contributed by atoms with Crippen molar-refractivity contribution in [2.45, 2.75) is 13.3 Å². The molecular formula is C11H12N6. The lowest BCUT2D eigenvalue weighted by Crippen LogP contribution is -2.03. The smallest absolute Gasteiger partial charge is 0.163 e. The average molecular weight is 228 g/mol. The first kappa shape index (κ1) is 9.95. The topological polar surface area (TPSA) is 61.4 Å². The highest BCUT2D eigenvalue weighted by atomic mass is 15.3. The van der Waals surface area contributed by atoms with Crippen molar-refractivity contribution in [1.29, 1.82) is 0 Å². The summed E-state index contributed by atoms with van der Waals surface area (Å²) in [6.45, 7) is 2.07. The predicted molar refractivity (Wildman–Crippen MR) is 62.8 cm³/mol. The molecule has 3 aromatic heterocycles. The van der Waals surface area contributed by atoms with Gasteiger partial charge in [-0.1, -0.05) is 6.92 Å². The van der Waals surface area contributed by atoms with Crippen molar-refractivity contribution in [3.8, 4) is 5.82 Å². The average Bonchev–Trinajstić information content (AvgIpc) is 2.96. The second-order valence-electron chi connectivity index (χ2n) is 3.77. The molecule has 0 N–H and O–H groups in total. The Balaban J connectivity index is 2.30. The zero-order valence-electron chi connectivity index (χ0n) is 9.70. The van der Waals surface area contributed by atoms with Crippen LogP contribution in [0, 0.1) is 0 Å². The maximum atomic E-state index is 4.33. The third-order valence-electron chi connectivity index (χ3n) is 2.77. The van der Waals surface area contributed by atoms with Crippen molar-refractivity contribution < 1.29 is 0 Å². The predicted octanol–water partition coefficient (Wildman–Crippen LogP) is 1.11. The lowest BCUT2D eigenvalue weighted by Gasteiger charge is -2.05. The van der Waals surface area contributed by atoms with Gasteiger partial charge in [0, 0.05) is 25.9 Å². The van der Waals surface area contributed by atoms with Crippen molar-refractivity contribution in [3.05, 3.63) is 30.7 Å². The number of imidazole rings is 1. The zero-order chi connectivity index (χ0) is 11.8. The molecule has 0 aliphatic carbocycles. The molecule has 0 saturated heterocycles. The van der Waals surface area contributed by atoms with Gasteiger partial charge in [-0.15, -0.1) is 0 Å². The van der Waals surface area contributed by atoms with Gasteiger partial charge in [-0.05, 0) is 0 Å². The second kappa shape index (κ2) is 3.65. The van der Waals surface area contributed by atoms with Crippen LogP contribution in [0.15, 0.2) is 24.9 Å². The minimum atomic E-state index is 0.825. The van der Waals surface area contributed by atoms with Gasteiger partial charge >= 0.3 is 0 Å². The minimum Gasteiger partial charge on any atom is -0.287 e. The van der Waals surface area contributed by atoms with E-state index in [1.807, 2.05) is 17.8 Å². The van der Waals surface area contributed by atoms with Crippen LogP contribution in [0.4, 0.5) is 0 Å². The molecule has 0 saturated carbocycles. The van der Waals surface area contributed by atoms with E-state index in [0.29, 0.717) is 0 Å². The van der Waals surface area contributed by atoms with E-state index in [2.05, 4.69) is 27.0 Å². The van der Waals surface area contributed by atoms with Gasteiger partial charge in [0.15, 0.2) is 11.5 Å². The maximum Gasteiger partial charge on any atom is 0.163 e. The number of aromatic nitrogens is 6. The Hall–Kier alpha value is -2.24. The van der Waals surface area contributed by atoms with Crippen molar-refractivity contribution in [2.24, 2.45) is 7.05 Å². The Kier molecular flexibility index (Phi) is 2.14. The van der Waals surface area contributed by atoms with E-state index in [1.165, 1.54) is 0 Å². The van der Waals surface area contributed by atoms with Crippen LogP contribution in [0.2, 0.25) is 0 Å². The number of hydrogen-bond acceptors (Lipinski definition) is 4. The van der Waals surface area contributed by atoms with E-state index in [4.69, 9.17) is 0 Å². The van der Waals surface area contributed by atoms with Gasteiger partial charge in [0.2, 0.25) is 0 Å². The van der Waals surface area contributed by atoms with Crippen LogP contribution in [0.1, 0.15) is 12.7 Å². The van der Waals surface area contributed by atoms with Crippen LogP contribution in [-0.4, -0.2) is 29.3 Å². The summed E-state index contributed by atoms with van der Waals surface area (Å²) in [6, 6.07) is 0. The molecule has 0 fully saturated rings. The summed E-state index contributed by atoms with van der Waals surface area (Å²) in [5.74, 6) is 1.81. The van der Waals surface area contributed by atoms with Crippen molar-refractivity contribution >= 4 is 11.0 Å². The van der Waals surface area contributed by atoms with Gasteiger partial charge in [0.25, 0.3) is 0 Å². The fraction of sp³-hybridized carbons (Fsp3) is 0.273. The number of rotatable bonds is 2. The van der Waals surface area contributed by atoms with Gasteiger partial charge in [-0.2, -0.15) is 5.10 Å². The molecule has 86 valence electrons. The van der Waals surface area contributed by atoms with E-state index < -0.39 is 0 Å². The summed E-state index contributed by atoms with van der Waals surface area (Å²) in [7, 11) is 1.87. The van der Waals surface area contributed by atoms with Gasteiger partial charge in [-0.3, -0.25) is 9.25 Å². The number of fused-ring (bicyclic) bond motifs is 1. The molecule has 6 nitrogen and oxygen atoms in total. The Morgan fingerprint density at radius 3 is 2.94 bits per heavy atom. The Morgan fingerprint density at radius 2 is 2.12 bits per heavy atom. The molecule has 3 heterocycles. The molecule has 17 heavy (non-hydrogen) atoms. The molecule has 0 radical (unpaired) electrons. The van der Waals surface area contributed by atoms with E-state index in [1.54, 1.807) is 23.4 Å². The highest BCUT2D eigenvalue weighted by molar-refractivity contribution is 5.81. The molecule has 0 aromatic carbocycles. The fourth-order valence-electron chi connectivity index (χ4n) is 1.93. The number of aryl methyl sites for hydroxylation is 2. The van der Waals surface area contributed by atoms with Crippen LogP contribution in [0.5, 0.6) is 0 Å². The van der Waals surface area contributed by atoms with Gasteiger partial charge < -0.3 is 0 Å². The molecule has 0 atom stereocenters. The van der Waals surface area contributed by atoms with Crippen molar-refractivity contribution in [2.75, 3.05) is 0 Å². The molecule has 0 amide bonds. The SMILES string of the molecule is CCc1nccn1-c1ncnc2c1cnn2C. The van der Waals surface area contributed by atoms with Gasteiger partial charge in [0.05, 0.1) is 11.6 Å². The molecule has 6 heteroatoms. The van der Waals surface area contributed by atoms with Crippen LogP contribution >= 0.6 is 0 Å². The van der Waals surface area contributed by atoms with E-state index in [0.717, 1.165) is 29.1 Å². The Morgan fingerprint density at radius 1 is 1.24 bits per heavy atom. The summed E-state index contributed by atoms with van der Waals surface area (Å²) in [5.41, 5.74) is 0.825. The lowest BCUT2D eigenvalue weighted by molar-refractivity contribution is 0.784. The highest BCUT2D eigenvalue weighted by Crippen LogP contribution is 2.18. The van der Waals surface area contributed by atoms with Crippen LogP contribution in [0.3, 0.4) is 0 Å². The monoisotopic (exact) mass is 228 g/mol. The molecule has 3 rings (SSSR count). The Labute approximate surface area is 98.0 Å².